The van der Waals surface area contributed by atoms with E-state index in [9.17, 15) is 4.79 Å². The Kier molecular flexibility index (Phi) is 6.00. The van der Waals surface area contributed by atoms with Gasteiger partial charge in [0.25, 0.3) is 5.91 Å². The van der Waals surface area contributed by atoms with Gasteiger partial charge in [0, 0.05) is 34.4 Å². The predicted octanol–water partition coefficient (Wildman–Crippen LogP) is 4.80. The molecule has 0 saturated heterocycles. The molecule has 5 aromatic rings. The van der Waals surface area contributed by atoms with Crippen molar-refractivity contribution >= 4 is 23.0 Å². The lowest BCUT2D eigenvalue weighted by molar-refractivity contribution is 0.0957. The van der Waals surface area contributed by atoms with Crippen molar-refractivity contribution in [2.75, 3.05) is 14.2 Å². The Morgan fingerprint density at radius 3 is 2.57 bits per heavy atom. The van der Waals surface area contributed by atoms with Gasteiger partial charge in [-0.1, -0.05) is 36.4 Å². The molecule has 35 heavy (non-hydrogen) atoms. The minimum Gasteiger partial charge on any atom is -0.493 e. The van der Waals surface area contributed by atoms with Gasteiger partial charge in [0.1, 0.15) is 5.69 Å². The van der Waals surface area contributed by atoms with E-state index in [4.69, 9.17) is 14.6 Å². The quantitative estimate of drug-likeness (QED) is 0.267. The second kappa shape index (κ2) is 9.56. The molecule has 0 spiro atoms. The molecule has 0 radical (unpaired) electrons. The smallest absolute Gasteiger partial charge is 0.273 e. The summed E-state index contributed by atoms with van der Waals surface area (Å²) >= 11 is 0. The summed E-state index contributed by atoms with van der Waals surface area (Å²) in [5, 5.41) is 9.84. The second-order valence-electron chi connectivity index (χ2n) is 7.73. The molecule has 0 aliphatic heterocycles. The van der Waals surface area contributed by atoms with Crippen LogP contribution in [0.15, 0.2) is 90.3 Å². The summed E-state index contributed by atoms with van der Waals surface area (Å²) in [4.78, 5) is 15.9. The fourth-order valence-electron chi connectivity index (χ4n) is 3.88. The van der Waals surface area contributed by atoms with Crippen LogP contribution in [0.4, 0.5) is 0 Å². The number of hydrazone groups is 1. The number of H-pyrrole nitrogens is 1. The third-order valence-electron chi connectivity index (χ3n) is 5.62. The van der Waals surface area contributed by atoms with Gasteiger partial charge in [-0.15, -0.1) is 0 Å². The van der Waals surface area contributed by atoms with Gasteiger partial charge in [0.15, 0.2) is 11.5 Å². The number of carbonyl (C=O) groups is 1. The van der Waals surface area contributed by atoms with Crippen molar-refractivity contribution in [3.8, 4) is 28.4 Å². The molecular formula is C27H23N5O3. The first-order valence-electron chi connectivity index (χ1n) is 10.9. The summed E-state index contributed by atoms with van der Waals surface area (Å²) in [7, 11) is 3.18. The van der Waals surface area contributed by atoms with E-state index in [-0.39, 0.29) is 5.91 Å². The number of hydrogen-bond donors (Lipinski definition) is 2. The van der Waals surface area contributed by atoms with Crippen molar-refractivity contribution < 1.29 is 14.3 Å². The van der Waals surface area contributed by atoms with Crippen LogP contribution in [-0.4, -0.2) is 41.1 Å². The Balaban J connectivity index is 1.48. The molecule has 0 aliphatic carbocycles. The van der Waals surface area contributed by atoms with Crippen LogP contribution in [0.25, 0.3) is 27.8 Å². The molecule has 2 aromatic heterocycles. The van der Waals surface area contributed by atoms with E-state index in [1.165, 1.54) is 0 Å². The number of aromatic nitrogens is 3. The van der Waals surface area contributed by atoms with Crippen molar-refractivity contribution in [3.63, 3.8) is 0 Å². The van der Waals surface area contributed by atoms with Gasteiger partial charge >= 0.3 is 0 Å². The molecule has 0 unspecified atom stereocenters. The fourth-order valence-corrected chi connectivity index (χ4v) is 3.88. The maximum Gasteiger partial charge on any atom is 0.273 e. The van der Waals surface area contributed by atoms with Crippen LogP contribution >= 0.6 is 0 Å². The molecule has 8 nitrogen and oxygen atoms in total. The zero-order chi connectivity index (χ0) is 24.2. The van der Waals surface area contributed by atoms with E-state index in [0.717, 1.165) is 27.7 Å². The van der Waals surface area contributed by atoms with E-state index in [0.29, 0.717) is 22.8 Å². The van der Waals surface area contributed by atoms with Gasteiger partial charge < -0.3 is 14.5 Å². The van der Waals surface area contributed by atoms with Gasteiger partial charge in [-0.3, -0.25) is 4.79 Å². The van der Waals surface area contributed by atoms with Crippen LogP contribution in [0.5, 0.6) is 11.5 Å². The maximum absolute atomic E-state index is 12.7. The normalized spacial score (nSPS) is 11.1. The third-order valence-corrected chi connectivity index (χ3v) is 5.62. The van der Waals surface area contributed by atoms with Crippen molar-refractivity contribution in [1.29, 1.82) is 0 Å². The van der Waals surface area contributed by atoms with Gasteiger partial charge in [0.05, 0.1) is 31.7 Å². The predicted molar refractivity (Wildman–Crippen MR) is 135 cm³/mol. The number of ether oxygens (including phenoxy) is 2. The van der Waals surface area contributed by atoms with Crippen molar-refractivity contribution in [2.24, 2.45) is 5.10 Å². The van der Waals surface area contributed by atoms with Gasteiger partial charge in [-0.05, 0) is 36.4 Å². The number of fused-ring (bicyclic) bond motifs is 1. The minimum atomic E-state index is -0.304. The molecule has 0 atom stereocenters. The Labute approximate surface area is 201 Å². The summed E-state index contributed by atoms with van der Waals surface area (Å²) in [5.41, 5.74) is 7.16. The average molecular weight is 466 g/mol. The molecule has 174 valence electrons. The van der Waals surface area contributed by atoms with Crippen LogP contribution < -0.4 is 14.9 Å². The lowest BCUT2D eigenvalue weighted by atomic mass is 10.1. The average Bonchev–Trinajstić information content (AvgIpc) is 3.53. The number of amides is 1. The van der Waals surface area contributed by atoms with Crippen molar-refractivity contribution in [1.82, 2.24) is 20.2 Å². The molecule has 3 aromatic carbocycles. The molecule has 0 bridgehead atoms. The molecule has 0 fully saturated rings. The van der Waals surface area contributed by atoms with E-state index < -0.39 is 0 Å². The van der Waals surface area contributed by atoms with Crippen LogP contribution in [0.1, 0.15) is 15.9 Å². The summed E-state index contributed by atoms with van der Waals surface area (Å²) in [6.07, 6.45) is 5.13. The van der Waals surface area contributed by atoms with Crippen molar-refractivity contribution in [3.05, 3.63) is 96.3 Å². The first-order valence-corrected chi connectivity index (χ1v) is 10.9. The number of rotatable bonds is 7. The number of methoxy groups -OCH3 is 2. The van der Waals surface area contributed by atoms with E-state index in [2.05, 4.69) is 15.5 Å². The second-order valence-corrected chi connectivity index (χ2v) is 7.73. The number of nitrogens with one attached hydrogen (secondary N) is 2. The highest BCUT2D eigenvalue weighted by Crippen LogP contribution is 2.33. The highest BCUT2D eigenvalue weighted by atomic mass is 16.5. The lowest BCUT2D eigenvalue weighted by Gasteiger charge is -2.09. The molecule has 5 rings (SSSR count). The number of para-hydroxylation sites is 2. The monoisotopic (exact) mass is 465 g/mol. The highest BCUT2D eigenvalue weighted by Gasteiger charge is 2.15. The SMILES string of the molecule is COc1ccc(-c2nn(-c3ccccc3)cc2/C=N\NC(=O)c2c[nH]c3ccccc23)cc1OC. The van der Waals surface area contributed by atoms with E-state index in [1.54, 1.807) is 31.3 Å². The minimum absolute atomic E-state index is 0.304. The van der Waals surface area contributed by atoms with Gasteiger partial charge in [-0.2, -0.15) is 10.2 Å². The standard InChI is InChI=1S/C27H23N5O3/c1-34-24-13-12-18(14-25(24)35-2)26-19(17-32(31-26)20-8-4-3-5-9-20)15-29-30-27(33)22-16-28-23-11-7-6-10-21(22)23/h3-17,28H,1-2H3,(H,30,33)/b29-15-. The largest absolute Gasteiger partial charge is 0.493 e. The van der Waals surface area contributed by atoms with Crippen LogP contribution in [-0.2, 0) is 0 Å². The molecule has 1 amide bonds. The first-order chi connectivity index (χ1) is 17.2. The van der Waals surface area contributed by atoms with Gasteiger partial charge in [0.2, 0.25) is 0 Å². The topological polar surface area (TPSA) is 93.5 Å². The van der Waals surface area contributed by atoms with E-state index >= 15 is 0 Å². The molecule has 0 aliphatic rings. The maximum atomic E-state index is 12.7. The molecule has 8 heteroatoms. The third kappa shape index (κ3) is 4.37. The van der Waals surface area contributed by atoms with Crippen LogP contribution in [0, 0.1) is 0 Å². The zero-order valence-corrected chi connectivity index (χ0v) is 19.2. The number of benzene rings is 3. The Morgan fingerprint density at radius 1 is 1.00 bits per heavy atom. The molecule has 0 saturated carbocycles. The Hall–Kier alpha value is -4.85. The molecule has 2 heterocycles. The molecular weight excluding hydrogens is 442 g/mol. The molecule has 2 N–H and O–H groups in total. The Morgan fingerprint density at radius 2 is 1.77 bits per heavy atom. The number of aromatic amines is 1. The highest BCUT2D eigenvalue weighted by molar-refractivity contribution is 6.07. The lowest BCUT2D eigenvalue weighted by Crippen LogP contribution is -2.17. The number of carbonyl (C=O) groups excluding carboxylic acids is 1. The number of hydrogen-bond acceptors (Lipinski definition) is 5. The summed E-state index contributed by atoms with van der Waals surface area (Å²) in [6.45, 7) is 0. The van der Waals surface area contributed by atoms with Gasteiger partial charge in [-0.25, -0.2) is 10.1 Å². The zero-order valence-electron chi connectivity index (χ0n) is 19.2. The van der Waals surface area contributed by atoms with Crippen LogP contribution in [0.3, 0.4) is 0 Å². The summed E-state index contributed by atoms with van der Waals surface area (Å²) in [5.74, 6) is 0.913. The fraction of sp³-hybridized carbons (Fsp3) is 0.0741. The van der Waals surface area contributed by atoms with E-state index in [1.807, 2.05) is 79.0 Å². The Bertz CT molecular complexity index is 1520. The summed E-state index contributed by atoms with van der Waals surface area (Å²) < 4.78 is 12.6. The van der Waals surface area contributed by atoms with Crippen LogP contribution in [0.2, 0.25) is 0 Å². The van der Waals surface area contributed by atoms with Crippen molar-refractivity contribution in [2.45, 2.75) is 0 Å². The first kappa shape index (κ1) is 22.0. The number of nitrogens with zero attached hydrogens (tertiary/aromatic N) is 3. The summed E-state index contributed by atoms with van der Waals surface area (Å²) in [6, 6.07) is 23.0.